The number of esters is 1. The highest BCUT2D eigenvalue weighted by Gasteiger charge is 2.12. The van der Waals surface area contributed by atoms with Gasteiger partial charge in [-0.05, 0) is 72.9 Å². The normalized spacial score (nSPS) is 9.97. The Morgan fingerprint density at radius 3 is 2.16 bits per heavy atom. The van der Waals surface area contributed by atoms with Crippen LogP contribution in [0.2, 0.25) is 0 Å². The van der Waals surface area contributed by atoms with Crippen LogP contribution in [-0.2, 0) is 12.8 Å². The maximum atomic E-state index is 12.5. The Labute approximate surface area is 184 Å². The molecule has 0 atom stereocenters. The van der Waals surface area contributed by atoms with Gasteiger partial charge in [-0.15, -0.1) is 0 Å². The van der Waals surface area contributed by atoms with E-state index in [1.807, 2.05) is 24.3 Å². The van der Waals surface area contributed by atoms with Gasteiger partial charge in [-0.3, -0.25) is 0 Å². The maximum absolute atomic E-state index is 12.5. The standard InChI is InChI=1S/C28H25NO2/c1-3-5-6-22-13-16-25(17-14-22)28(30)31-27-18-15-24(19-26(27)20-29)12-11-23-9-7-21(4-2)8-10-23/h7-10,13-19H,3-6H2,1-2H3. The van der Waals surface area contributed by atoms with Crippen LogP contribution in [0.5, 0.6) is 5.75 Å². The molecule has 0 saturated heterocycles. The molecule has 0 aliphatic carbocycles. The van der Waals surface area contributed by atoms with Crippen molar-refractivity contribution in [2.45, 2.75) is 39.5 Å². The van der Waals surface area contributed by atoms with Crippen LogP contribution in [0.25, 0.3) is 0 Å². The zero-order valence-electron chi connectivity index (χ0n) is 17.9. The zero-order valence-corrected chi connectivity index (χ0v) is 17.9. The van der Waals surface area contributed by atoms with Crippen LogP contribution in [0.15, 0.2) is 66.7 Å². The SMILES string of the molecule is CCCCc1ccc(C(=O)Oc2ccc(C#Cc3ccc(CC)cc3)cc2C#N)cc1. The van der Waals surface area contributed by atoms with E-state index in [0.717, 1.165) is 31.2 Å². The molecule has 3 rings (SSSR count). The molecule has 0 spiro atoms. The number of carbonyl (C=O) groups excluding carboxylic acids is 1. The Morgan fingerprint density at radius 2 is 1.52 bits per heavy atom. The summed E-state index contributed by atoms with van der Waals surface area (Å²) in [5, 5.41) is 9.50. The first kappa shape index (κ1) is 21.9. The predicted molar refractivity (Wildman–Crippen MR) is 123 cm³/mol. The van der Waals surface area contributed by atoms with Crippen LogP contribution in [0, 0.1) is 23.2 Å². The molecule has 0 aliphatic heterocycles. The number of hydrogen-bond acceptors (Lipinski definition) is 3. The minimum atomic E-state index is -0.478. The molecule has 154 valence electrons. The molecule has 31 heavy (non-hydrogen) atoms. The highest BCUT2D eigenvalue weighted by atomic mass is 16.5. The van der Waals surface area contributed by atoms with E-state index in [9.17, 15) is 10.1 Å². The van der Waals surface area contributed by atoms with Crippen molar-refractivity contribution in [3.63, 3.8) is 0 Å². The Bertz CT molecular complexity index is 1140. The second kappa shape index (κ2) is 10.8. The molecule has 0 radical (unpaired) electrons. The van der Waals surface area contributed by atoms with E-state index < -0.39 is 5.97 Å². The molecule has 0 amide bonds. The number of benzene rings is 3. The van der Waals surface area contributed by atoms with Crippen molar-refractivity contribution < 1.29 is 9.53 Å². The summed E-state index contributed by atoms with van der Waals surface area (Å²) in [6.45, 7) is 4.26. The lowest BCUT2D eigenvalue weighted by Gasteiger charge is -2.07. The number of aryl methyl sites for hydroxylation is 2. The van der Waals surface area contributed by atoms with Crippen LogP contribution >= 0.6 is 0 Å². The Balaban J connectivity index is 1.72. The molecule has 0 bridgehead atoms. The minimum Gasteiger partial charge on any atom is -0.422 e. The van der Waals surface area contributed by atoms with E-state index in [2.05, 4.69) is 43.9 Å². The van der Waals surface area contributed by atoms with E-state index in [1.54, 1.807) is 30.3 Å². The van der Waals surface area contributed by atoms with E-state index in [4.69, 9.17) is 4.74 Å². The van der Waals surface area contributed by atoms with Crippen LogP contribution in [-0.4, -0.2) is 5.97 Å². The highest BCUT2D eigenvalue weighted by molar-refractivity contribution is 5.91. The van der Waals surface area contributed by atoms with Gasteiger partial charge >= 0.3 is 5.97 Å². The lowest BCUT2D eigenvalue weighted by Crippen LogP contribution is -2.09. The van der Waals surface area contributed by atoms with Gasteiger partial charge in [0.2, 0.25) is 0 Å². The number of carbonyl (C=O) groups is 1. The lowest BCUT2D eigenvalue weighted by molar-refractivity contribution is 0.0734. The third kappa shape index (κ3) is 6.08. The number of hydrogen-bond donors (Lipinski definition) is 0. The third-order valence-corrected chi connectivity index (χ3v) is 5.02. The fourth-order valence-electron chi connectivity index (χ4n) is 3.10. The first-order valence-electron chi connectivity index (χ1n) is 10.6. The van der Waals surface area contributed by atoms with E-state index in [-0.39, 0.29) is 11.3 Å². The molecule has 3 aromatic rings. The molecule has 3 nitrogen and oxygen atoms in total. The molecule has 0 fully saturated rings. The molecular weight excluding hydrogens is 382 g/mol. The fraction of sp³-hybridized carbons (Fsp3) is 0.214. The Hall–Kier alpha value is -3.82. The van der Waals surface area contributed by atoms with Gasteiger partial charge in [0.15, 0.2) is 0 Å². The van der Waals surface area contributed by atoms with Crippen LogP contribution < -0.4 is 4.74 Å². The van der Waals surface area contributed by atoms with Gasteiger partial charge in [0.1, 0.15) is 11.8 Å². The smallest absolute Gasteiger partial charge is 0.343 e. The summed E-state index contributed by atoms with van der Waals surface area (Å²) in [6.07, 6.45) is 4.24. The summed E-state index contributed by atoms with van der Waals surface area (Å²) in [4.78, 5) is 12.5. The van der Waals surface area contributed by atoms with Crippen molar-refractivity contribution in [1.82, 2.24) is 0 Å². The molecule has 0 N–H and O–H groups in total. The van der Waals surface area contributed by atoms with Crippen LogP contribution in [0.3, 0.4) is 0 Å². The minimum absolute atomic E-state index is 0.236. The Morgan fingerprint density at radius 1 is 0.871 bits per heavy atom. The maximum Gasteiger partial charge on any atom is 0.343 e. The van der Waals surface area contributed by atoms with E-state index >= 15 is 0 Å². The fourth-order valence-corrected chi connectivity index (χ4v) is 3.10. The monoisotopic (exact) mass is 407 g/mol. The van der Waals surface area contributed by atoms with Gasteiger partial charge in [0.05, 0.1) is 11.1 Å². The zero-order chi connectivity index (χ0) is 22.1. The van der Waals surface area contributed by atoms with Crippen molar-refractivity contribution in [3.8, 4) is 23.7 Å². The van der Waals surface area contributed by atoms with Crippen molar-refractivity contribution in [1.29, 1.82) is 5.26 Å². The van der Waals surface area contributed by atoms with Crippen molar-refractivity contribution in [3.05, 3.63) is 100 Å². The second-order valence-corrected chi connectivity index (χ2v) is 7.31. The molecule has 3 aromatic carbocycles. The summed E-state index contributed by atoms with van der Waals surface area (Å²) in [6, 6.07) is 22.6. The van der Waals surface area contributed by atoms with Gasteiger partial charge in [-0.25, -0.2) is 4.79 Å². The Kier molecular flexibility index (Phi) is 7.63. The number of rotatable bonds is 6. The van der Waals surface area contributed by atoms with Gasteiger partial charge < -0.3 is 4.74 Å². The summed E-state index contributed by atoms with van der Waals surface area (Å²) in [7, 11) is 0. The van der Waals surface area contributed by atoms with Gasteiger partial charge in [-0.1, -0.05) is 56.4 Å². The number of nitriles is 1. The van der Waals surface area contributed by atoms with Gasteiger partial charge in [-0.2, -0.15) is 5.26 Å². The summed E-state index contributed by atoms with van der Waals surface area (Å²) in [5.74, 6) is 5.93. The van der Waals surface area contributed by atoms with E-state index in [1.165, 1.54) is 11.1 Å². The number of unbranched alkanes of at least 4 members (excludes halogenated alkanes) is 1. The van der Waals surface area contributed by atoms with Crippen molar-refractivity contribution in [2.75, 3.05) is 0 Å². The first-order valence-corrected chi connectivity index (χ1v) is 10.6. The summed E-state index contributed by atoms with van der Waals surface area (Å²) in [5.41, 5.74) is 4.80. The topological polar surface area (TPSA) is 50.1 Å². The second-order valence-electron chi connectivity index (χ2n) is 7.31. The molecule has 0 unspecified atom stereocenters. The molecular formula is C28H25NO2. The lowest BCUT2D eigenvalue weighted by atomic mass is 10.1. The number of nitrogens with zero attached hydrogens (tertiary/aromatic N) is 1. The van der Waals surface area contributed by atoms with Crippen LogP contribution in [0.1, 0.15) is 64.9 Å². The molecule has 0 saturated carbocycles. The first-order chi connectivity index (χ1) is 15.1. The van der Waals surface area contributed by atoms with E-state index in [0.29, 0.717) is 11.1 Å². The summed E-state index contributed by atoms with van der Waals surface area (Å²) >= 11 is 0. The van der Waals surface area contributed by atoms with Gasteiger partial charge in [0, 0.05) is 11.1 Å². The molecule has 0 aliphatic rings. The quantitative estimate of drug-likeness (QED) is 0.283. The van der Waals surface area contributed by atoms with Crippen molar-refractivity contribution >= 4 is 5.97 Å². The average molecular weight is 408 g/mol. The molecule has 0 aromatic heterocycles. The molecule has 0 heterocycles. The highest BCUT2D eigenvalue weighted by Crippen LogP contribution is 2.21. The predicted octanol–water partition coefficient (Wildman–Crippen LogP) is 6.08. The van der Waals surface area contributed by atoms with Crippen molar-refractivity contribution in [2.24, 2.45) is 0 Å². The number of ether oxygens (including phenoxy) is 1. The largest absolute Gasteiger partial charge is 0.422 e. The molecule has 3 heteroatoms. The third-order valence-electron chi connectivity index (χ3n) is 5.02. The average Bonchev–Trinajstić information content (AvgIpc) is 2.82. The van der Waals surface area contributed by atoms with Gasteiger partial charge in [0.25, 0.3) is 0 Å². The van der Waals surface area contributed by atoms with Crippen LogP contribution in [0.4, 0.5) is 0 Å². The summed E-state index contributed by atoms with van der Waals surface area (Å²) < 4.78 is 5.48.